The molecule has 2 atom stereocenters. The predicted octanol–water partition coefficient (Wildman–Crippen LogP) is -0.189. The van der Waals surface area contributed by atoms with Crippen LogP contribution in [0.15, 0.2) is 24.3 Å². The van der Waals surface area contributed by atoms with Gasteiger partial charge in [0.1, 0.15) is 7.85 Å². The van der Waals surface area contributed by atoms with E-state index in [0.717, 1.165) is 13.1 Å². The summed E-state index contributed by atoms with van der Waals surface area (Å²) in [6, 6.07) is 8.41. The molecule has 0 aliphatic carbocycles. The van der Waals surface area contributed by atoms with Crippen molar-refractivity contribution in [2.24, 2.45) is 5.92 Å². The van der Waals surface area contributed by atoms with Crippen molar-refractivity contribution in [3.63, 3.8) is 0 Å². The molecular formula is C13H18BNO2. The number of benzene rings is 1. The summed E-state index contributed by atoms with van der Waals surface area (Å²) in [7, 11) is 2.07. The Morgan fingerprint density at radius 1 is 1.41 bits per heavy atom. The van der Waals surface area contributed by atoms with Crippen molar-refractivity contribution in [1.82, 2.24) is 5.32 Å². The summed E-state index contributed by atoms with van der Waals surface area (Å²) < 4.78 is 5.12. The third kappa shape index (κ3) is 2.69. The molecule has 17 heavy (non-hydrogen) atoms. The van der Waals surface area contributed by atoms with Gasteiger partial charge in [-0.25, -0.2) is 0 Å². The van der Waals surface area contributed by atoms with E-state index in [4.69, 9.17) is 4.74 Å². The molecule has 2 rings (SSSR count). The fraction of sp³-hybridized carbons (Fsp3) is 0.462. The minimum Gasteiger partial charge on any atom is -0.466 e. The van der Waals surface area contributed by atoms with E-state index in [0.29, 0.717) is 6.61 Å². The smallest absolute Gasteiger partial charge is 0.310 e. The van der Waals surface area contributed by atoms with E-state index in [9.17, 15) is 4.79 Å². The van der Waals surface area contributed by atoms with Crippen molar-refractivity contribution in [2.75, 3.05) is 19.7 Å². The molecule has 0 spiro atoms. The topological polar surface area (TPSA) is 38.3 Å². The van der Waals surface area contributed by atoms with E-state index in [1.165, 1.54) is 11.0 Å². The molecule has 0 amide bonds. The summed E-state index contributed by atoms with van der Waals surface area (Å²) in [5, 5.41) is 3.27. The van der Waals surface area contributed by atoms with Crippen LogP contribution in [-0.4, -0.2) is 33.5 Å². The molecule has 1 aliphatic heterocycles. The van der Waals surface area contributed by atoms with E-state index in [1.807, 2.05) is 6.92 Å². The summed E-state index contributed by atoms with van der Waals surface area (Å²) >= 11 is 0. The Balaban J connectivity index is 2.14. The summed E-state index contributed by atoms with van der Waals surface area (Å²) in [6.45, 7) is 3.88. The quantitative estimate of drug-likeness (QED) is 0.579. The Kier molecular flexibility index (Phi) is 3.84. The number of ether oxygens (including phenoxy) is 1. The molecule has 4 heteroatoms. The molecule has 1 aliphatic rings. The minimum absolute atomic E-state index is 0.0438. The number of nitrogens with one attached hydrogen (secondary N) is 1. The summed E-state index contributed by atoms with van der Waals surface area (Å²) in [4.78, 5) is 11.8. The molecule has 0 bridgehead atoms. The molecule has 2 unspecified atom stereocenters. The highest BCUT2D eigenvalue weighted by molar-refractivity contribution is 6.32. The number of rotatable bonds is 3. The van der Waals surface area contributed by atoms with Crippen LogP contribution < -0.4 is 10.8 Å². The number of hydrogen-bond acceptors (Lipinski definition) is 3. The maximum Gasteiger partial charge on any atom is 0.310 e. The summed E-state index contributed by atoms with van der Waals surface area (Å²) in [5.41, 5.74) is 2.46. The van der Waals surface area contributed by atoms with Gasteiger partial charge in [-0.15, -0.1) is 0 Å². The largest absolute Gasteiger partial charge is 0.466 e. The molecule has 1 heterocycles. The standard InChI is InChI=1S/C13H18BNO2/c1-2-17-13(16)12-8-15-7-11(12)9-3-5-10(14)6-4-9/h3-6,11-12,15H,2,7-8,14H2,1H3. The van der Waals surface area contributed by atoms with Crippen LogP contribution in [0.3, 0.4) is 0 Å². The van der Waals surface area contributed by atoms with Crippen LogP contribution in [0, 0.1) is 5.92 Å². The van der Waals surface area contributed by atoms with E-state index in [2.05, 4.69) is 37.4 Å². The summed E-state index contributed by atoms with van der Waals surface area (Å²) in [6.07, 6.45) is 0. The molecule has 1 fully saturated rings. The van der Waals surface area contributed by atoms with Crippen LogP contribution in [0.4, 0.5) is 0 Å². The van der Waals surface area contributed by atoms with Gasteiger partial charge < -0.3 is 10.1 Å². The molecule has 3 nitrogen and oxygen atoms in total. The van der Waals surface area contributed by atoms with Crippen molar-refractivity contribution in [3.05, 3.63) is 29.8 Å². The Bertz CT molecular complexity index is 391. The molecule has 0 radical (unpaired) electrons. The second kappa shape index (κ2) is 5.36. The zero-order valence-corrected chi connectivity index (χ0v) is 10.4. The fourth-order valence-electron chi connectivity index (χ4n) is 2.34. The van der Waals surface area contributed by atoms with Gasteiger partial charge in [-0.3, -0.25) is 4.79 Å². The Labute approximate surface area is 103 Å². The maximum absolute atomic E-state index is 11.8. The van der Waals surface area contributed by atoms with Gasteiger partial charge in [-0.1, -0.05) is 29.7 Å². The van der Waals surface area contributed by atoms with Crippen LogP contribution >= 0.6 is 0 Å². The predicted molar refractivity (Wildman–Crippen MR) is 70.4 cm³/mol. The van der Waals surface area contributed by atoms with E-state index >= 15 is 0 Å². The average molecular weight is 231 g/mol. The molecule has 1 aromatic carbocycles. The molecule has 0 aromatic heterocycles. The van der Waals surface area contributed by atoms with Crippen molar-refractivity contribution >= 4 is 19.3 Å². The highest BCUT2D eigenvalue weighted by atomic mass is 16.5. The Morgan fingerprint density at radius 3 is 2.76 bits per heavy atom. The first-order chi connectivity index (χ1) is 8.22. The number of esters is 1. The highest BCUT2D eigenvalue weighted by Gasteiger charge is 2.34. The van der Waals surface area contributed by atoms with Crippen molar-refractivity contribution < 1.29 is 9.53 Å². The van der Waals surface area contributed by atoms with Gasteiger partial charge in [-0.2, -0.15) is 0 Å². The van der Waals surface area contributed by atoms with Gasteiger partial charge in [0.25, 0.3) is 0 Å². The van der Waals surface area contributed by atoms with Crippen molar-refractivity contribution in [2.45, 2.75) is 12.8 Å². The third-order valence-electron chi connectivity index (χ3n) is 3.31. The average Bonchev–Trinajstić information content (AvgIpc) is 2.79. The normalized spacial score (nSPS) is 23.6. The van der Waals surface area contributed by atoms with Crippen LogP contribution in [-0.2, 0) is 9.53 Å². The molecule has 90 valence electrons. The van der Waals surface area contributed by atoms with Crippen LogP contribution in [0.1, 0.15) is 18.4 Å². The van der Waals surface area contributed by atoms with Crippen LogP contribution in [0.25, 0.3) is 0 Å². The highest BCUT2D eigenvalue weighted by Crippen LogP contribution is 2.28. The van der Waals surface area contributed by atoms with Crippen molar-refractivity contribution in [3.8, 4) is 0 Å². The second-order valence-electron chi connectivity index (χ2n) is 4.53. The first kappa shape index (κ1) is 12.2. The fourth-order valence-corrected chi connectivity index (χ4v) is 2.34. The Morgan fingerprint density at radius 2 is 2.12 bits per heavy atom. The van der Waals surface area contributed by atoms with E-state index < -0.39 is 0 Å². The molecule has 1 N–H and O–H groups in total. The van der Waals surface area contributed by atoms with Gasteiger partial charge in [0, 0.05) is 19.0 Å². The van der Waals surface area contributed by atoms with Crippen LogP contribution in [0.2, 0.25) is 0 Å². The van der Waals surface area contributed by atoms with E-state index in [1.54, 1.807) is 0 Å². The molecule has 0 saturated carbocycles. The molecular weight excluding hydrogens is 213 g/mol. The summed E-state index contributed by atoms with van der Waals surface area (Å²) in [5.74, 6) is 0.121. The number of carbonyl (C=O) groups excluding carboxylic acids is 1. The lowest BCUT2D eigenvalue weighted by Gasteiger charge is -2.17. The van der Waals surface area contributed by atoms with Gasteiger partial charge >= 0.3 is 5.97 Å². The second-order valence-corrected chi connectivity index (χ2v) is 4.53. The Hall–Kier alpha value is -1.29. The first-order valence-corrected chi connectivity index (χ1v) is 6.16. The van der Waals surface area contributed by atoms with Gasteiger partial charge in [0.15, 0.2) is 0 Å². The SMILES string of the molecule is Bc1ccc(C2CNCC2C(=O)OCC)cc1. The molecule has 1 saturated heterocycles. The monoisotopic (exact) mass is 231 g/mol. The van der Waals surface area contributed by atoms with E-state index in [-0.39, 0.29) is 17.8 Å². The zero-order valence-electron chi connectivity index (χ0n) is 10.4. The lowest BCUT2D eigenvalue weighted by atomic mass is 9.86. The van der Waals surface area contributed by atoms with Gasteiger partial charge in [0.05, 0.1) is 12.5 Å². The molecule has 1 aromatic rings. The number of hydrogen-bond donors (Lipinski definition) is 1. The minimum atomic E-state index is -0.0805. The number of carbonyl (C=O) groups is 1. The third-order valence-corrected chi connectivity index (χ3v) is 3.31. The lowest BCUT2D eigenvalue weighted by molar-refractivity contribution is -0.147. The zero-order chi connectivity index (χ0) is 12.3. The first-order valence-electron chi connectivity index (χ1n) is 6.16. The maximum atomic E-state index is 11.8. The van der Waals surface area contributed by atoms with Crippen molar-refractivity contribution in [1.29, 1.82) is 0 Å². The van der Waals surface area contributed by atoms with Crippen LogP contribution in [0.5, 0.6) is 0 Å². The van der Waals surface area contributed by atoms with Gasteiger partial charge in [0.2, 0.25) is 0 Å². The van der Waals surface area contributed by atoms with Gasteiger partial charge in [-0.05, 0) is 12.5 Å². The lowest BCUT2D eigenvalue weighted by Crippen LogP contribution is -2.24.